The molecule has 0 atom stereocenters. The molecule has 0 aliphatic rings. The lowest BCUT2D eigenvalue weighted by Crippen LogP contribution is -2.09. The van der Waals surface area contributed by atoms with E-state index >= 15 is 0 Å². The molecule has 1 aromatic rings. The minimum absolute atomic E-state index is 0.344. The molecule has 0 aromatic heterocycles. The first-order valence-electron chi connectivity index (χ1n) is 9.84. The van der Waals surface area contributed by atoms with Gasteiger partial charge in [0.05, 0.1) is 24.3 Å². The highest BCUT2D eigenvalue weighted by Crippen LogP contribution is 2.11. The molecule has 0 N–H and O–H groups in total. The SMILES string of the molecule is CC(C)CCCCOC(=O)c1ccc(C(=O)OCCCCC(C)C)cc1. The van der Waals surface area contributed by atoms with Crippen molar-refractivity contribution in [2.45, 2.75) is 66.2 Å². The van der Waals surface area contributed by atoms with Crippen LogP contribution >= 0.6 is 0 Å². The zero-order valence-electron chi connectivity index (χ0n) is 16.8. The van der Waals surface area contributed by atoms with Gasteiger partial charge in [0.25, 0.3) is 0 Å². The Labute approximate surface area is 158 Å². The highest BCUT2D eigenvalue weighted by molar-refractivity contribution is 5.93. The second-order valence-electron chi connectivity index (χ2n) is 7.63. The monoisotopic (exact) mass is 362 g/mol. The number of carbonyl (C=O) groups is 2. The molecule has 0 aliphatic carbocycles. The van der Waals surface area contributed by atoms with Gasteiger partial charge in [-0.1, -0.05) is 40.5 Å². The summed E-state index contributed by atoms with van der Waals surface area (Å²) in [7, 11) is 0. The molecular weight excluding hydrogens is 328 g/mol. The van der Waals surface area contributed by atoms with E-state index in [1.165, 1.54) is 0 Å². The second kappa shape index (κ2) is 12.5. The Balaban J connectivity index is 2.30. The molecule has 146 valence electrons. The molecule has 0 unspecified atom stereocenters. The van der Waals surface area contributed by atoms with Crippen molar-refractivity contribution in [3.63, 3.8) is 0 Å². The van der Waals surface area contributed by atoms with E-state index in [4.69, 9.17) is 9.47 Å². The molecule has 0 aliphatic heterocycles. The Morgan fingerprint density at radius 3 is 1.35 bits per heavy atom. The summed E-state index contributed by atoms with van der Waals surface area (Å²) in [6, 6.07) is 6.47. The minimum Gasteiger partial charge on any atom is -0.462 e. The Hall–Kier alpha value is -1.84. The number of unbranched alkanes of at least 4 members (excludes halogenated alkanes) is 2. The predicted octanol–water partition coefficient (Wildman–Crippen LogP) is 5.65. The van der Waals surface area contributed by atoms with Crippen LogP contribution in [-0.4, -0.2) is 25.2 Å². The van der Waals surface area contributed by atoms with Crippen molar-refractivity contribution >= 4 is 11.9 Å². The number of carbonyl (C=O) groups excluding carboxylic acids is 2. The fourth-order valence-electron chi connectivity index (χ4n) is 2.55. The first-order valence-corrected chi connectivity index (χ1v) is 9.84. The van der Waals surface area contributed by atoms with Gasteiger partial charge in [-0.15, -0.1) is 0 Å². The van der Waals surface area contributed by atoms with Crippen LogP contribution in [0.1, 0.15) is 86.9 Å². The Bertz CT molecular complexity index is 483. The standard InChI is InChI=1S/C22H34O4/c1-17(2)9-5-7-15-25-21(23)19-11-13-20(14-12-19)22(24)26-16-8-6-10-18(3)4/h11-14,17-18H,5-10,15-16H2,1-4H3. The topological polar surface area (TPSA) is 52.6 Å². The first-order chi connectivity index (χ1) is 12.4. The summed E-state index contributed by atoms with van der Waals surface area (Å²) in [6.07, 6.45) is 6.17. The van der Waals surface area contributed by atoms with Gasteiger partial charge >= 0.3 is 11.9 Å². The van der Waals surface area contributed by atoms with Crippen molar-refractivity contribution < 1.29 is 19.1 Å². The van der Waals surface area contributed by atoms with E-state index in [0.717, 1.165) is 38.5 Å². The minimum atomic E-state index is -0.344. The van der Waals surface area contributed by atoms with Crippen LogP contribution in [0.15, 0.2) is 24.3 Å². The summed E-state index contributed by atoms with van der Waals surface area (Å²) < 4.78 is 10.5. The summed E-state index contributed by atoms with van der Waals surface area (Å²) in [5.41, 5.74) is 0.921. The van der Waals surface area contributed by atoms with Crippen LogP contribution in [0.5, 0.6) is 0 Å². The van der Waals surface area contributed by atoms with Crippen LogP contribution in [0.4, 0.5) is 0 Å². The van der Waals surface area contributed by atoms with E-state index < -0.39 is 0 Å². The molecule has 0 heterocycles. The average molecular weight is 363 g/mol. The third-order valence-corrected chi connectivity index (χ3v) is 4.17. The second-order valence-corrected chi connectivity index (χ2v) is 7.63. The molecule has 0 bridgehead atoms. The normalized spacial score (nSPS) is 11.0. The van der Waals surface area contributed by atoms with Gasteiger partial charge in [-0.2, -0.15) is 0 Å². The summed E-state index contributed by atoms with van der Waals surface area (Å²) in [4.78, 5) is 24.0. The largest absolute Gasteiger partial charge is 0.462 e. The maximum Gasteiger partial charge on any atom is 0.338 e. The van der Waals surface area contributed by atoms with E-state index in [1.54, 1.807) is 24.3 Å². The highest BCUT2D eigenvalue weighted by atomic mass is 16.5. The van der Waals surface area contributed by atoms with Crippen molar-refractivity contribution in [1.29, 1.82) is 0 Å². The van der Waals surface area contributed by atoms with E-state index in [1.807, 2.05) is 0 Å². The van der Waals surface area contributed by atoms with E-state index in [-0.39, 0.29) is 11.9 Å². The smallest absolute Gasteiger partial charge is 0.338 e. The van der Waals surface area contributed by atoms with E-state index in [9.17, 15) is 9.59 Å². The van der Waals surface area contributed by atoms with E-state index in [0.29, 0.717) is 36.2 Å². The molecule has 26 heavy (non-hydrogen) atoms. The molecule has 0 radical (unpaired) electrons. The van der Waals surface area contributed by atoms with E-state index in [2.05, 4.69) is 27.7 Å². The molecule has 0 amide bonds. The fraction of sp³-hybridized carbons (Fsp3) is 0.636. The number of rotatable bonds is 12. The lowest BCUT2D eigenvalue weighted by Gasteiger charge is -2.08. The third kappa shape index (κ3) is 9.59. The number of ether oxygens (including phenoxy) is 2. The number of esters is 2. The van der Waals surface area contributed by atoms with Gasteiger partial charge in [-0.25, -0.2) is 9.59 Å². The van der Waals surface area contributed by atoms with Crippen molar-refractivity contribution in [3.05, 3.63) is 35.4 Å². The van der Waals surface area contributed by atoms with Crippen LogP contribution in [-0.2, 0) is 9.47 Å². The third-order valence-electron chi connectivity index (χ3n) is 4.17. The van der Waals surface area contributed by atoms with Gasteiger partial charge in [-0.3, -0.25) is 0 Å². The van der Waals surface area contributed by atoms with Gasteiger partial charge in [0.2, 0.25) is 0 Å². The molecule has 0 spiro atoms. The van der Waals surface area contributed by atoms with Crippen molar-refractivity contribution in [3.8, 4) is 0 Å². The lowest BCUT2D eigenvalue weighted by molar-refractivity contribution is 0.0482. The molecule has 1 rings (SSSR count). The summed E-state index contributed by atoms with van der Waals surface area (Å²) in [5, 5.41) is 0. The number of benzene rings is 1. The quantitative estimate of drug-likeness (QED) is 0.356. The van der Waals surface area contributed by atoms with Crippen molar-refractivity contribution in [2.75, 3.05) is 13.2 Å². The first kappa shape index (κ1) is 22.2. The predicted molar refractivity (Wildman–Crippen MR) is 104 cm³/mol. The Morgan fingerprint density at radius 1 is 0.692 bits per heavy atom. The zero-order valence-corrected chi connectivity index (χ0v) is 16.8. The van der Waals surface area contributed by atoms with Crippen molar-refractivity contribution in [1.82, 2.24) is 0 Å². The molecule has 4 nitrogen and oxygen atoms in total. The van der Waals surface area contributed by atoms with Crippen LogP contribution < -0.4 is 0 Å². The molecular formula is C22H34O4. The average Bonchev–Trinajstić information content (AvgIpc) is 2.60. The Kier molecular flexibility index (Phi) is 10.7. The van der Waals surface area contributed by atoms with Crippen LogP contribution in [0, 0.1) is 11.8 Å². The maximum atomic E-state index is 12.0. The highest BCUT2D eigenvalue weighted by Gasteiger charge is 2.11. The zero-order chi connectivity index (χ0) is 19.4. The number of hydrogen-bond donors (Lipinski definition) is 0. The molecule has 1 aromatic carbocycles. The van der Waals surface area contributed by atoms with Gasteiger partial charge in [0.15, 0.2) is 0 Å². The number of hydrogen-bond acceptors (Lipinski definition) is 4. The fourth-order valence-corrected chi connectivity index (χ4v) is 2.55. The van der Waals surface area contributed by atoms with Gasteiger partial charge in [-0.05, 0) is 61.8 Å². The van der Waals surface area contributed by atoms with Gasteiger partial charge < -0.3 is 9.47 Å². The summed E-state index contributed by atoms with van der Waals surface area (Å²) >= 11 is 0. The van der Waals surface area contributed by atoms with Crippen LogP contribution in [0.25, 0.3) is 0 Å². The molecule has 4 heteroatoms. The molecule has 0 saturated carbocycles. The summed E-state index contributed by atoms with van der Waals surface area (Å²) in [6.45, 7) is 9.61. The van der Waals surface area contributed by atoms with Crippen LogP contribution in [0.2, 0.25) is 0 Å². The maximum absolute atomic E-state index is 12.0. The Morgan fingerprint density at radius 2 is 1.04 bits per heavy atom. The van der Waals surface area contributed by atoms with Gasteiger partial charge in [0, 0.05) is 0 Å². The van der Waals surface area contributed by atoms with Crippen molar-refractivity contribution in [2.24, 2.45) is 11.8 Å². The molecule has 0 saturated heterocycles. The van der Waals surface area contributed by atoms with Crippen LogP contribution in [0.3, 0.4) is 0 Å². The lowest BCUT2D eigenvalue weighted by atomic mass is 10.1. The summed E-state index contributed by atoms with van der Waals surface area (Å²) in [5.74, 6) is 0.660. The van der Waals surface area contributed by atoms with Gasteiger partial charge in [0.1, 0.15) is 0 Å². The molecule has 0 fully saturated rings.